The van der Waals surface area contributed by atoms with Gasteiger partial charge in [0.1, 0.15) is 11.6 Å². The summed E-state index contributed by atoms with van der Waals surface area (Å²) in [5.74, 6) is 1.89. The van der Waals surface area contributed by atoms with Crippen molar-refractivity contribution in [3.63, 3.8) is 0 Å². The van der Waals surface area contributed by atoms with E-state index in [1.807, 2.05) is 50.2 Å². The van der Waals surface area contributed by atoms with E-state index in [0.29, 0.717) is 11.6 Å². The van der Waals surface area contributed by atoms with Crippen LogP contribution in [0.3, 0.4) is 0 Å². The van der Waals surface area contributed by atoms with Gasteiger partial charge < -0.3 is 15.0 Å². The molecule has 0 spiro atoms. The average molecular weight is 388 g/mol. The molecule has 1 amide bonds. The highest BCUT2D eigenvalue weighted by Gasteiger charge is 2.25. The van der Waals surface area contributed by atoms with Gasteiger partial charge in [0.15, 0.2) is 0 Å². The Morgan fingerprint density at radius 2 is 2.00 bits per heavy atom. The van der Waals surface area contributed by atoms with E-state index in [1.165, 1.54) is 0 Å². The molecule has 1 aromatic heterocycles. The fraction of sp³-hybridized carbons (Fsp3) is 0.429. The fourth-order valence-corrected chi connectivity index (χ4v) is 3.38. The van der Waals surface area contributed by atoms with E-state index in [2.05, 4.69) is 15.2 Å². The standard InChI is InChI=1S/C21H26ClN3O2/c1-15(2)27-19-6-4-3-5-17(19)13-24-21(26)16-9-11-25(12-10-16)20-8-7-18(22)14-23-20/h3-8,14-16H,9-13H2,1-2H3,(H,24,26). The Morgan fingerprint density at radius 1 is 1.26 bits per heavy atom. The largest absolute Gasteiger partial charge is 0.491 e. The molecule has 2 aromatic rings. The number of piperidine rings is 1. The zero-order valence-corrected chi connectivity index (χ0v) is 16.6. The number of carbonyl (C=O) groups excluding carboxylic acids is 1. The van der Waals surface area contributed by atoms with Crippen LogP contribution in [0.15, 0.2) is 42.6 Å². The number of rotatable bonds is 6. The molecule has 6 heteroatoms. The number of nitrogens with one attached hydrogen (secondary N) is 1. The lowest BCUT2D eigenvalue weighted by molar-refractivity contribution is -0.125. The molecular formula is C21H26ClN3O2. The molecule has 0 unspecified atom stereocenters. The van der Waals surface area contributed by atoms with Gasteiger partial charge in [0, 0.05) is 37.3 Å². The third-order valence-corrected chi connectivity index (χ3v) is 4.91. The zero-order chi connectivity index (χ0) is 19.2. The highest BCUT2D eigenvalue weighted by Crippen LogP contribution is 2.24. The Hall–Kier alpha value is -2.27. The van der Waals surface area contributed by atoms with E-state index in [9.17, 15) is 4.79 Å². The second kappa shape index (κ2) is 9.09. The average Bonchev–Trinajstić information content (AvgIpc) is 2.67. The number of carbonyl (C=O) groups is 1. The van der Waals surface area contributed by atoms with Gasteiger partial charge in [-0.05, 0) is 44.9 Å². The van der Waals surface area contributed by atoms with Crippen LogP contribution >= 0.6 is 11.6 Å². The molecule has 1 N–H and O–H groups in total. The molecule has 1 aromatic carbocycles. The minimum absolute atomic E-state index is 0.0340. The first-order valence-corrected chi connectivity index (χ1v) is 9.79. The molecule has 27 heavy (non-hydrogen) atoms. The minimum atomic E-state index is 0.0340. The maximum absolute atomic E-state index is 12.6. The second-order valence-corrected chi connectivity index (χ2v) is 7.52. The van der Waals surface area contributed by atoms with Crippen LogP contribution in [0.25, 0.3) is 0 Å². The van der Waals surface area contributed by atoms with Crippen molar-refractivity contribution in [1.82, 2.24) is 10.3 Å². The summed E-state index contributed by atoms with van der Waals surface area (Å²) in [5.41, 5.74) is 1.00. The normalized spacial score (nSPS) is 15.0. The lowest BCUT2D eigenvalue weighted by Gasteiger charge is -2.32. The highest BCUT2D eigenvalue weighted by atomic mass is 35.5. The van der Waals surface area contributed by atoms with E-state index in [1.54, 1.807) is 6.20 Å². The number of para-hydroxylation sites is 1. The summed E-state index contributed by atoms with van der Waals surface area (Å²) in [6, 6.07) is 11.6. The predicted molar refractivity (Wildman–Crippen MR) is 108 cm³/mol. The summed E-state index contributed by atoms with van der Waals surface area (Å²) in [6.45, 7) is 6.12. The molecule has 0 atom stereocenters. The van der Waals surface area contributed by atoms with Crippen LogP contribution in [0.5, 0.6) is 5.75 Å². The highest BCUT2D eigenvalue weighted by molar-refractivity contribution is 6.30. The molecule has 1 fully saturated rings. The summed E-state index contributed by atoms with van der Waals surface area (Å²) >= 11 is 5.90. The van der Waals surface area contributed by atoms with Crippen LogP contribution in [0.1, 0.15) is 32.3 Å². The van der Waals surface area contributed by atoms with Gasteiger partial charge in [-0.25, -0.2) is 4.98 Å². The van der Waals surface area contributed by atoms with Crippen molar-refractivity contribution in [2.75, 3.05) is 18.0 Å². The topological polar surface area (TPSA) is 54.5 Å². The van der Waals surface area contributed by atoms with Gasteiger partial charge in [0.05, 0.1) is 11.1 Å². The third kappa shape index (κ3) is 5.36. The van der Waals surface area contributed by atoms with E-state index in [4.69, 9.17) is 16.3 Å². The summed E-state index contributed by atoms with van der Waals surface area (Å²) in [6.07, 6.45) is 3.40. The maximum Gasteiger partial charge on any atom is 0.223 e. The molecule has 0 saturated carbocycles. The van der Waals surface area contributed by atoms with Gasteiger partial charge >= 0.3 is 0 Å². The Balaban J connectivity index is 1.51. The van der Waals surface area contributed by atoms with Crippen molar-refractivity contribution in [3.8, 4) is 5.75 Å². The van der Waals surface area contributed by atoms with Gasteiger partial charge in [-0.3, -0.25) is 4.79 Å². The van der Waals surface area contributed by atoms with Crippen molar-refractivity contribution in [1.29, 1.82) is 0 Å². The molecule has 2 heterocycles. The van der Waals surface area contributed by atoms with E-state index in [0.717, 1.165) is 43.1 Å². The molecule has 144 valence electrons. The molecule has 5 nitrogen and oxygen atoms in total. The lowest BCUT2D eigenvalue weighted by atomic mass is 9.95. The lowest BCUT2D eigenvalue weighted by Crippen LogP contribution is -2.40. The summed E-state index contributed by atoms with van der Waals surface area (Å²) in [5, 5.41) is 3.71. The summed E-state index contributed by atoms with van der Waals surface area (Å²) < 4.78 is 5.82. The van der Waals surface area contributed by atoms with Crippen LogP contribution in [0.2, 0.25) is 5.02 Å². The Kier molecular flexibility index (Phi) is 6.56. The van der Waals surface area contributed by atoms with Crippen molar-refractivity contribution >= 4 is 23.3 Å². The minimum Gasteiger partial charge on any atom is -0.491 e. The number of hydrogen-bond acceptors (Lipinski definition) is 4. The number of halogens is 1. The van der Waals surface area contributed by atoms with Crippen molar-refractivity contribution < 1.29 is 9.53 Å². The number of ether oxygens (including phenoxy) is 1. The predicted octanol–water partition coefficient (Wildman–Crippen LogP) is 4.06. The molecule has 3 rings (SSSR count). The Bertz CT molecular complexity index is 756. The Labute approximate surface area is 165 Å². The fourth-order valence-electron chi connectivity index (χ4n) is 3.27. The summed E-state index contributed by atoms with van der Waals surface area (Å²) in [7, 11) is 0. The first-order valence-electron chi connectivity index (χ1n) is 9.41. The maximum atomic E-state index is 12.6. The van der Waals surface area contributed by atoms with Gasteiger partial charge in [-0.1, -0.05) is 29.8 Å². The van der Waals surface area contributed by atoms with E-state index < -0.39 is 0 Å². The van der Waals surface area contributed by atoms with E-state index >= 15 is 0 Å². The van der Waals surface area contributed by atoms with Crippen LogP contribution in [-0.2, 0) is 11.3 Å². The smallest absolute Gasteiger partial charge is 0.223 e. The second-order valence-electron chi connectivity index (χ2n) is 7.09. The molecule has 0 aliphatic carbocycles. The molecule has 1 saturated heterocycles. The quantitative estimate of drug-likeness (QED) is 0.812. The number of benzene rings is 1. The number of pyridine rings is 1. The van der Waals surface area contributed by atoms with Gasteiger partial charge in [0.25, 0.3) is 0 Å². The first-order chi connectivity index (χ1) is 13.0. The molecule has 1 aliphatic heterocycles. The van der Waals surface area contributed by atoms with E-state index in [-0.39, 0.29) is 17.9 Å². The monoisotopic (exact) mass is 387 g/mol. The molecule has 0 radical (unpaired) electrons. The van der Waals surface area contributed by atoms with Crippen molar-refractivity contribution in [2.24, 2.45) is 5.92 Å². The summed E-state index contributed by atoms with van der Waals surface area (Å²) in [4.78, 5) is 19.2. The zero-order valence-electron chi connectivity index (χ0n) is 15.8. The number of amides is 1. The van der Waals surface area contributed by atoms with Crippen molar-refractivity contribution in [3.05, 3.63) is 53.2 Å². The number of hydrogen-bond donors (Lipinski definition) is 1. The molecule has 1 aliphatic rings. The van der Waals surface area contributed by atoms with Crippen LogP contribution in [0.4, 0.5) is 5.82 Å². The SMILES string of the molecule is CC(C)Oc1ccccc1CNC(=O)C1CCN(c2ccc(Cl)cn2)CC1. The molecular weight excluding hydrogens is 362 g/mol. The van der Waals surface area contributed by atoms with Gasteiger partial charge in [-0.2, -0.15) is 0 Å². The first kappa shape index (κ1) is 19.5. The van der Waals surface area contributed by atoms with Crippen molar-refractivity contribution in [2.45, 2.75) is 39.3 Å². The van der Waals surface area contributed by atoms with Gasteiger partial charge in [-0.15, -0.1) is 0 Å². The molecule has 0 bridgehead atoms. The van der Waals surface area contributed by atoms with Gasteiger partial charge in [0.2, 0.25) is 5.91 Å². The van der Waals surface area contributed by atoms with Crippen LogP contribution in [-0.4, -0.2) is 30.1 Å². The van der Waals surface area contributed by atoms with Crippen LogP contribution < -0.4 is 15.0 Å². The third-order valence-electron chi connectivity index (χ3n) is 4.69. The van der Waals surface area contributed by atoms with Crippen LogP contribution in [0, 0.1) is 5.92 Å². The number of anilines is 1. The Morgan fingerprint density at radius 3 is 2.67 bits per heavy atom. The number of aromatic nitrogens is 1. The number of nitrogens with zero attached hydrogens (tertiary/aromatic N) is 2.